The van der Waals surface area contributed by atoms with Gasteiger partial charge in [0.1, 0.15) is 13.2 Å². The molecule has 0 aliphatic carbocycles. The molecule has 2 unspecified atom stereocenters. The number of nitrogens with zero attached hydrogens (tertiary/aromatic N) is 2. The molecule has 0 aliphatic rings. The van der Waals surface area contributed by atoms with Crippen molar-refractivity contribution in [2.45, 2.75) is 174 Å². The molecular weight excluding hydrogens is 472 g/mol. The number of hydrogen-bond acceptors (Lipinski definition) is 6. The van der Waals surface area contributed by atoms with Crippen molar-refractivity contribution in [2.24, 2.45) is 0 Å². The summed E-state index contributed by atoms with van der Waals surface area (Å²) in [7, 11) is 0. The van der Waals surface area contributed by atoms with Crippen LogP contribution in [0.1, 0.15) is 163 Å². The molecule has 0 fully saturated rings. The maximum absolute atomic E-state index is 11.0. The Morgan fingerprint density at radius 1 is 0.486 bits per heavy atom. The third-order valence-electron chi connectivity index (χ3n) is 7.73. The van der Waals surface area contributed by atoms with Gasteiger partial charge in [0.05, 0.1) is 0 Å². The van der Waals surface area contributed by atoms with E-state index in [9.17, 15) is 30.4 Å². The summed E-state index contributed by atoms with van der Waals surface area (Å²) in [6.45, 7) is 7.42. The molecule has 8 nitrogen and oxygen atoms in total. The number of aliphatic hydroxyl groups is 2. The Kier molecular flexibility index (Phi) is 25.6. The van der Waals surface area contributed by atoms with Crippen LogP contribution in [0, 0.1) is 20.2 Å². The molecule has 0 aromatic heterocycles. The molecule has 0 saturated carbocycles. The van der Waals surface area contributed by atoms with Crippen LogP contribution < -0.4 is 0 Å². The summed E-state index contributed by atoms with van der Waals surface area (Å²) >= 11 is 0. The second-order valence-electron chi connectivity index (χ2n) is 10.8. The van der Waals surface area contributed by atoms with Crippen LogP contribution in [0.4, 0.5) is 0 Å². The van der Waals surface area contributed by atoms with Gasteiger partial charge in [0.15, 0.2) is 0 Å². The van der Waals surface area contributed by atoms with Crippen molar-refractivity contribution < 1.29 is 20.1 Å². The largest absolute Gasteiger partial charge is 0.389 e. The van der Waals surface area contributed by atoms with Crippen molar-refractivity contribution >= 4 is 0 Å². The van der Waals surface area contributed by atoms with E-state index in [2.05, 4.69) is 13.8 Å². The molecule has 0 saturated heterocycles. The number of nitro groups is 2. The van der Waals surface area contributed by atoms with E-state index in [-0.39, 0.29) is 23.1 Å². The van der Waals surface area contributed by atoms with Crippen LogP contribution in [0.2, 0.25) is 0 Å². The summed E-state index contributed by atoms with van der Waals surface area (Å²) in [5, 5.41) is 40.6. The molecule has 0 bridgehead atoms. The molecule has 0 heterocycles. The van der Waals surface area contributed by atoms with Gasteiger partial charge in [0.2, 0.25) is 11.1 Å². The Morgan fingerprint density at radius 3 is 1.08 bits per heavy atom. The summed E-state index contributed by atoms with van der Waals surface area (Å²) in [6, 6.07) is 0. The Hall–Kier alpha value is -1.28. The number of hydrogen-bond donors (Lipinski definition) is 2. The van der Waals surface area contributed by atoms with Gasteiger partial charge in [0, 0.05) is 35.5 Å². The molecule has 0 aromatic carbocycles. The van der Waals surface area contributed by atoms with E-state index >= 15 is 0 Å². The first kappa shape index (κ1) is 37.9. The minimum Gasteiger partial charge on any atom is -0.389 e. The fourth-order valence-electron chi connectivity index (χ4n) is 4.81. The van der Waals surface area contributed by atoms with E-state index < -0.39 is 11.1 Å². The van der Waals surface area contributed by atoms with Crippen LogP contribution in [0.3, 0.4) is 0 Å². The van der Waals surface area contributed by atoms with Crippen LogP contribution in [0.15, 0.2) is 0 Å². The zero-order chi connectivity index (χ0) is 28.4. The maximum atomic E-state index is 11.0. The van der Waals surface area contributed by atoms with E-state index in [1.165, 1.54) is 64.2 Å². The first-order chi connectivity index (χ1) is 17.8. The number of unbranched alkanes of at least 4 members (excludes halogenated alkanes) is 14. The third kappa shape index (κ3) is 17.8. The topological polar surface area (TPSA) is 127 Å². The average molecular weight is 533 g/mol. The van der Waals surface area contributed by atoms with Gasteiger partial charge < -0.3 is 10.2 Å². The highest BCUT2D eigenvalue weighted by atomic mass is 16.6. The normalized spacial score (nSPS) is 14.3. The van der Waals surface area contributed by atoms with Gasteiger partial charge in [-0.2, -0.15) is 0 Å². The lowest BCUT2D eigenvalue weighted by molar-refractivity contribution is -0.576. The van der Waals surface area contributed by atoms with Crippen LogP contribution in [0.5, 0.6) is 0 Å². The minimum absolute atomic E-state index is 0.281. The summed E-state index contributed by atoms with van der Waals surface area (Å²) in [5.41, 5.74) is -2.18. The quantitative estimate of drug-likeness (QED) is 0.0692. The molecule has 0 spiro atoms. The molecule has 0 rings (SSSR count). The summed E-state index contributed by atoms with van der Waals surface area (Å²) < 4.78 is 0. The molecule has 8 heteroatoms. The molecule has 0 amide bonds. The van der Waals surface area contributed by atoms with Gasteiger partial charge in [-0.15, -0.1) is 0 Å². The Balaban J connectivity index is 0. The van der Waals surface area contributed by atoms with Crippen molar-refractivity contribution in [1.29, 1.82) is 0 Å². The van der Waals surface area contributed by atoms with Crippen molar-refractivity contribution in [2.75, 3.05) is 13.2 Å². The summed E-state index contributed by atoms with van der Waals surface area (Å²) in [4.78, 5) is 21.5. The molecule has 0 aliphatic heterocycles. The first-order valence-electron chi connectivity index (χ1n) is 15.3. The molecular formula is C29H60N2O6. The van der Waals surface area contributed by atoms with E-state index in [0.717, 1.165) is 44.9 Å². The third-order valence-corrected chi connectivity index (χ3v) is 7.73. The molecule has 0 radical (unpaired) electrons. The summed E-state index contributed by atoms with van der Waals surface area (Å²) in [6.07, 6.45) is 21.7. The van der Waals surface area contributed by atoms with Gasteiger partial charge >= 0.3 is 0 Å². The lowest BCUT2D eigenvalue weighted by Crippen LogP contribution is -2.42. The first-order valence-corrected chi connectivity index (χ1v) is 15.3. The van der Waals surface area contributed by atoms with Crippen molar-refractivity contribution in [3.05, 3.63) is 20.2 Å². The van der Waals surface area contributed by atoms with Gasteiger partial charge in [-0.3, -0.25) is 20.2 Å². The SMILES string of the molecule is CCCCCCCC(CO)(CCC)[N+](=O)[O-].CCCCCCCCCCCCCC(CC)(CO)[N+](=O)[O-]. The highest BCUT2D eigenvalue weighted by molar-refractivity contribution is 4.78. The van der Waals surface area contributed by atoms with Crippen LogP contribution in [0.25, 0.3) is 0 Å². The zero-order valence-corrected chi connectivity index (χ0v) is 24.7. The minimum atomic E-state index is -1.10. The van der Waals surface area contributed by atoms with E-state index in [1.54, 1.807) is 6.92 Å². The average Bonchev–Trinajstić information content (AvgIpc) is 2.89. The highest BCUT2D eigenvalue weighted by Gasteiger charge is 2.40. The van der Waals surface area contributed by atoms with Gasteiger partial charge in [-0.1, -0.05) is 118 Å². The Morgan fingerprint density at radius 2 is 0.811 bits per heavy atom. The Labute approximate surface area is 227 Å². The fourth-order valence-corrected chi connectivity index (χ4v) is 4.81. The second kappa shape index (κ2) is 25.0. The van der Waals surface area contributed by atoms with Gasteiger partial charge in [-0.05, 0) is 19.3 Å². The predicted octanol–water partition coefficient (Wildman–Crippen LogP) is 8.26. The second-order valence-corrected chi connectivity index (χ2v) is 10.8. The van der Waals surface area contributed by atoms with Crippen LogP contribution in [-0.4, -0.2) is 44.4 Å². The lowest BCUT2D eigenvalue weighted by Gasteiger charge is -2.22. The zero-order valence-electron chi connectivity index (χ0n) is 24.7. The molecule has 2 N–H and O–H groups in total. The highest BCUT2D eigenvalue weighted by Crippen LogP contribution is 2.25. The van der Waals surface area contributed by atoms with E-state index in [0.29, 0.717) is 25.7 Å². The Bertz CT molecular complexity index is 542. The molecule has 0 aromatic rings. The van der Waals surface area contributed by atoms with E-state index in [1.807, 2.05) is 6.92 Å². The standard InChI is InChI=1S/C17H35NO3.C12H25NO3/c1-3-5-6-7-8-9-10-11-12-13-14-15-17(4-2,16-19)18(20)21;1-3-5-6-7-8-10-12(11-14,9-4-2)13(15)16/h19H,3-16H2,1-2H3;14H,3-11H2,1-2H3. The predicted molar refractivity (Wildman–Crippen MR) is 153 cm³/mol. The number of rotatable bonds is 25. The lowest BCUT2D eigenvalue weighted by atomic mass is 9.89. The monoisotopic (exact) mass is 532 g/mol. The number of aliphatic hydroxyl groups excluding tert-OH is 2. The molecule has 222 valence electrons. The van der Waals surface area contributed by atoms with Crippen molar-refractivity contribution in [3.63, 3.8) is 0 Å². The fraction of sp³-hybridized carbons (Fsp3) is 1.00. The van der Waals surface area contributed by atoms with Crippen LogP contribution in [-0.2, 0) is 0 Å². The van der Waals surface area contributed by atoms with E-state index in [4.69, 9.17) is 0 Å². The van der Waals surface area contributed by atoms with Gasteiger partial charge in [-0.25, -0.2) is 0 Å². The van der Waals surface area contributed by atoms with Gasteiger partial charge in [0.25, 0.3) is 0 Å². The smallest absolute Gasteiger partial charge is 0.244 e. The molecule has 2 atom stereocenters. The summed E-state index contributed by atoms with van der Waals surface area (Å²) in [5.74, 6) is 0. The van der Waals surface area contributed by atoms with Crippen molar-refractivity contribution in [1.82, 2.24) is 0 Å². The molecule has 37 heavy (non-hydrogen) atoms. The van der Waals surface area contributed by atoms with Crippen molar-refractivity contribution in [3.8, 4) is 0 Å². The van der Waals surface area contributed by atoms with Crippen LogP contribution >= 0.6 is 0 Å². The maximum Gasteiger partial charge on any atom is 0.244 e.